The van der Waals surface area contributed by atoms with Crippen molar-refractivity contribution < 1.29 is 4.39 Å². The molecule has 1 aliphatic carbocycles. The van der Waals surface area contributed by atoms with E-state index < -0.39 is 6.17 Å². The van der Waals surface area contributed by atoms with Crippen molar-refractivity contribution in [2.75, 3.05) is 6.54 Å². The van der Waals surface area contributed by atoms with E-state index >= 15 is 0 Å². The average molecular weight is 127 g/mol. The van der Waals surface area contributed by atoms with Crippen LogP contribution in [0.1, 0.15) is 6.42 Å². The van der Waals surface area contributed by atoms with Crippen molar-refractivity contribution in [2.24, 2.45) is 5.92 Å². The first-order chi connectivity index (χ1) is 4.39. The van der Waals surface area contributed by atoms with Crippen LogP contribution in [0.3, 0.4) is 0 Å². The molecule has 0 amide bonds. The van der Waals surface area contributed by atoms with Gasteiger partial charge in [0.1, 0.15) is 6.17 Å². The molecule has 1 N–H and O–H groups in total. The molecule has 1 aliphatic heterocycles. The average Bonchev–Trinajstić information content (AvgIpc) is 2.51. The Bertz CT molecular complexity index is 144. The smallest absolute Gasteiger partial charge is 0.124 e. The molecule has 1 heterocycles. The van der Waals surface area contributed by atoms with Crippen molar-refractivity contribution in [3.05, 3.63) is 12.2 Å². The SMILES string of the molecule is FC1C2C=CCCNC12. The van der Waals surface area contributed by atoms with E-state index in [4.69, 9.17) is 0 Å². The summed E-state index contributed by atoms with van der Waals surface area (Å²) in [4.78, 5) is 0. The molecule has 2 heteroatoms. The number of nitrogens with one attached hydrogen (secondary N) is 1. The third-order valence-corrected chi connectivity index (χ3v) is 2.03. The largest absolute Gasteiger partial charge is 0.310 e. The van der Waals surface area contributed by atoms with Crippen LogP contribution in [0.5, 0.6) is 0 Å². The maximum absolute atomic E-state index is 12.5. The Morgan fingerprint density at radius 3 is 3.33 bits per heavy atom. The quantitative estimate of drug-likeness (QED) is 0.476. The molecule has 1 fully saturated rings. The molecule has 0 aromatic rings. The Kier molecular flexibility index (Phi) is 1.09. The minimum atomic E-state index is -0.596. The second-order valence-corrected chi connectivity index (χ2v) is 2.72. The summed E-state index contributed by atoms with van der Waals surface area (Å²) in [5.74, 6) is 0.201. The predicted molar refractivity (Wildman–Crippen MR) is 33.9 cm³/mol. The van der Waals surface area contributed by atoms with Gasteiger partial charge >= 0.3 is 0 Å². The highest BCUT2D eigenvalue weighted by Crippen LogP contribution is 2.36. The molecule has 0 spiro atoms. The first-order valence-corrected chi connectivity index (χ1v) is 3.44. The highest BCUT2D eigenvalue weighted by atomic mass is 19.1. The van der Waals surface area contributed by atoms with Crippen molar-refractivity contribution in [2.45, 2.75) is 18.6 Å². The zero-order valence-electron chi connectivity index (χ0n) is 5.18. The van der Waals surface area contributed by atoms with Crippen LogP contribution in [0.15, 0.2) is 12.2 Å². The summed E-state index contributed by atoms with van der Waals surface area (Å²) in [5, 5.41) is 3.13. The van der Waals surface area contributed by atoms with Crippen LogP contribution in [0, 0.1) is 5.92 Å². The molecule has 2 aliphatic rings. The third kappa shape index (κ3) is 0.778. The molecule has 0 aromatic carbocycles. The van der Waals surface area contributed by atoms with E-state index in [0.717, 1.165) is 13.0 Å². The van der Waals surface area contributed by atoms with E-state index in [2.05, 4.69) is 11.4 Å². The number of halogens is 1. The summed E-state index contributed by atoms with van der Waals surface area (Å²) in [6.45, 7) is 0.943. The minimum Gasteiger partial charge on any atom is -0.310 e. The van der Waals surface area contributed by atoms with Crippen molar-refractivity contribution in [3.63, 3.8) is 0 Å². The lowest BCUT2D eigenvalue weighted by Gasteiger charge is -1.94. The molecular formula is C7H10FN. The lowest BCUT2D eigenvalue weighted by atomic mass is 10.3. The zero-order chi connectivity index (χ0) is 6.27. The van der Waals surface area contributed by atoms with Gasteiger partial charge in [-0.1, -0.05) is 12.2 Å². The maximum atomic E-state index is 12.5. The fourth-order valence-electron chi connectivity index (χ4n) is 1.36. The van der Waals surface area contributed by atoms with Crippen molar-refractivity contribution in [1.29, 1.82) is 0 Å². The van der Waals surface area contributed by atoms with Gasteiger partial charge in [-0.15, -0.1) is 0 Å². The number of hydrogen-bond acceptors (Lipinski definition) is 1. The maximum Gasteiger partial charge on any atom is 0.124 e. The monoisotopic (exact) mass is 127 g/mol. The van der Waals surface area contributed by atoms with Gasteiger partial charge in [-0.25, -0.2) is 4.39 Å². The Labute approximate surface area is 53.9 Å². The summed E-state index contributed by atoms with van der Waals surface area (Å²) in [7, 11) is 0. The summed E-state index contributed by atoms with van der Waals surface area (Å²) >= 11 is 0. The second-order valence-electron chi connectivity index (χ2n) is 2.72. The fourth-order valence-corrected chi connectivity index (χ4v) is 1.36. The van der Waals surface area contributed by atoms with Gasteiger partial charge in [-0.3, -0.25) is 0 Å². The van der Waals surface area contributed by atoms with E-state index in [1.807, 2.05) is 6.08 Å². The second kappa shape index (κ2) is 1.81. The first kappa shape index (κ1) is 5.42. The number of fused-ring (bicyclic) bond motifs is 1. The van der Waals surface area contributed by atoms with E-state index in [-0.39, 0.29) is 12.0 Å². The van der Waals surface area contributed by atoms with Gasteiger partial charge in [0, 0.05) is 12.0 Å². The topological polar surface area (TPSA) is 12.0 Å². The molecule has 50 valence electrons. The van der Waals surface area contributed by atoms with E-state index in [1.54, 1.807) is 0 Å². The fraction of sp³-hybridized carbons (Fsp3) is 0.714. The van der Waals surface area contributed by atoms with Gasteiger partial charge in [-0.05, 0) is 13.0 Å². The van der Waals surface area contributed by atoms with Crippen LogP contribution >= 0.6 is 0 Å². The number of alkyl halides is 1. The molecule has 1 saturated carbocycles. The molecule has 0 radical (unpaired) electrons. The van der Waals surface area contributed by atoms with E-state index in [9.17, 15) is 4.39 Å². The highest BCUT2D eigenvalue weighted by Gasteiger charge is 2.49. The molecular weight excluding hydrogens is 117 g/mol. The normalized spacial score (nSPS) is 47.9. The van der Waals surface area contributed by atoms with Crippen LogP contribution < -0.4 is 5.32 Å². The number of hydrogen-bond donors (Lipinski definition) is 1. The molecule has 3 unspecified atom stereocenters. The lowest BCUT2D eigenvalue weighted by Crippen LogP contribution is -2.19. The van der Waals surface area contributed by atoms with Gasteiger partial charge in [-0.2, -0.15) is 0 Å². The molecule has 0 saturated heterocycles. The summed E-state index contributed by atoms with van der Waals surface area (Å²) < 4.78 is 12.5. The van der Waals surface area contributed by atoms with Crippen LogP contribution in [-0.2, 0) is 0 Å². The Morgan fingerprint density at radius 1 is 1.56 bits per heavy atom. The predicted octanol–water partition coefficient (Wildman–Crippen LogP) is 0.872. The van der Waals surface area contributed by atoms with Gasteiger partial charge in [0.25, 0.3) is 0 Å². The van der Waals surface area contributed by atoms with Gasteiger partial charge in [0.15, 0.2) is 0 Å². The summed E-state index contributed by atoms with van der Waals surface area (Å²) in [6.07, 6.45) is 4.52. The van der Waals surface area contributed by atoms with Gasteiger partial charge < -0.3 is 5.32 Å². The van der Waals surface area contributed by atoms with Crippen molar-refractivity contribution in [1.82, 2.24) is 5.32 Å². The van der Waals surface area contributed by atoms with Crippen molar-refractivity contribution in [3.8, 4) is 0 Å². The zero-order valence-corrected chi connectivity index (χ0v) is 5.18. The van der Waals surface area contributed by atoms with Gasteiger partial charge in [0.2, 0.25) is 0 Å². The molecule has 0 bridgehead atoms. The van der Waals surface area contributed by atoms with Crippen LogP contribution in [0.2, 0.25) is 0 Å². The van der Waals surface area contributed by atoms with E-state index in [1.165, 1.54) is 0 Å². The first-order valence-electron chi connectivity index (χ1n) is 3.44. The number of rotatable bonds is 0. The lowest BCUT2D eigenvalue weighted by molar-refractivity contribution is 0.438. The highest BCUT2D eigenvalue weighted by molar-refractivity contribution is 5.16. The Hall–Kier alpha value is -0.370. The molecule has 0 aromatic heterocycles. The molecule has 9 heavy (non-hydrogen) atoms. The Morgan fingerprint density at radius 2 is 2.44 bits per heavy atom. The van der Waals surface area contributed by atoms with E-state index in [0.29, 0.717) is 0 Å². The van der Waals surface area contributed by atoms with Crippen molar-refractivity contribution >= 4 is 0 Å². The van der Waals surface area contributed by atoms with Gasteiger partial charge in [0.05, 0.1) is 0 Å². The molecule has 1 nitrogen and oxygen atoms in total. The van der Waals surface area contributed by atoms with Crippen LogP contribution in [0.25, 0.3) is 0 Å². The van der Waals surface area contributed by atoms with Crippen LogP contribution in [0.4, 0.5) is 4.39 Å². The summed E-state index contributed by atoms with van der Waals surface area (Å²) in [6, 6.07) is 0.156. The Balaban J connectivity index is 2.05. The summed E-state index contributed by atoms with van der Waals surface area (Å²) in [5.41, 5.74) is 0. The molecule has 2 rings (SSSR count). The van der Waals surface area contributed by atoms with Crippen LogP contribution in [-0.4, -0.2) is 18.8 Å². The minimum absolute atomic E-state index is 0.156. The molecule has 3 atom stereocenters. The standard InChI is InChI=1S/C7H10FN/c8-6-5-3-1-2-4-9-7(5)6/h1,3,5-7,9H,2,4H2. The third-order valence-electron chi connectivity index (χ3n) is 2.03.